The maximum absolute atomic E-state index is 9.54. The van der Waals surface area contributed by atoms with Gasteiger partial charge in [0.2, 0.25) is 17.5 Å². The van der Waals surface area contributed by atoms with Crippen molar-refractivity contribution in [2.45, 2.75) is 38.6 Å². The molecule has 0 amide bonds. The highest BCUT2D eigenvalue weighted by molar-refractivity contribution is 5.57. The average Bonchev–Trinajstić information content (AvgIpc) is 3.01. The lowest BCUT2D eigenvalue weighted by Crippen LogP contribution is -2.34. The van der Waals surface area contributed by atoms with Crippen LogP contribution >= 0.6 is 0 Å². The summed E-state index contributed by atoms with van der Waals surface area (Å²) in [5.41, 5.74) is 3.56. The molecule has 0 spiro atoms. The topological polar surface area (TPSA) is 78.0 Å². The van der Waals surface area contributed by atoms with Gasteiger partial charge >= 0.3 is 0 Å². The second-order valence-corrected chi connectivity index (χ2v) is 7.81. The molecule has 6 heteroatoms. The fraction of sp³-hybridized carbons (Fsp3) is 0.375. The summed E-state index contributed by atoms with van der Waals surface area (Å²) in [5, 5.41) is 12.9. The summed E-state index contributed by atoms with van der Waals surface area (Å²) >= 11 is 0. The van der Waals surface area contributed by atoms with E-state index in [4.69, 9.17) is 4.42 Å². The van der Waals surface area contributed by atoms with E-state index in [2.05, 4.69) is 57.4 Å². The zero-order valence-electron chi connectivity index (χ0n) is 17.3. The number of hydrogen-bond donors (Lipinski definition) is 1. The number of likely N-dealkylation sites (tertiary alicyclic amines) is 1. The first-order valence-electron chi connectivity index (χ1n) is 10.6. The molecular weight excluding hydrogens is 374 g/mol. The predicted octanol–water partition coefficient (Wildman–Crippen LogP) is 4.95. The number of oxazole rings is 1. The van der Waals surface area contributed by atoms with Crippen molar-refractivity contribution < 1.29 is 4.42 Å². The van der Waals surface area contributed by atoms with Crippen molar-refractivity contribution in [1.29, 1.82) is 5.26 Å². The molecular formula is C24H27N5O. The standard InChI is InChI=1S/C24H27N5O/c1-18-8-10-19(11-9-18)22(29-13-4-2-3-5-14-29)17-27-24-21(15-25)28-23(30-24)20-7-6-12-26-16-20/h6-12,16,22,27H,2-5,13-14,17H2,1H3/t22-/m1/s1. The molecule has 2 aromatic heterocycles. The molecule has 1 aromatic carbocycles. The molecule has 0 bridgehead atoms. The highest BCUT2D eigenvalue weighted by atomic mass is 16.4. The number of pyridine rings is 1. The summed E-state index contributed by atoms with van der Waals surface area (Å²) in [5.74, 6) is 0.826. The van der Waals surface area contributed by atoms with E-state index in [1.54, 1.807) is 12.4 Å². The van der Waals surface area contributed by atoms with Gasteiger partial charge in [-0.1, -0.05) is 42.7 Å². The number of nitrogens with zero attached hydrogens (tertiary/aromatic N) is 4. The Morgan fingerprint density at radius 1 is 1.13 bits per heavy atom. The van der Waals surface area contributed by atoms with Crippen LogP contribution in [0.4, 0.5) is 5.88 Å². The van der Waals surface area contributed by atoms with Crippen LogP contribution in [0, 0.1) is 18.3 Å². The van der Waals surface area contributed by atoms with Crippen molar-refractivity contribution in [1.82, 2.24) is 14.9 Å². The van der Waals surface area contributed by atoms with E-state index >= 15 is 0 Å². The number of rotatable bonds is 6. The third-order valence-corrected chi connectivity index (χ3v) is 5.64. The zero-order chi connectivity index (χ0) is 20.8. The molecule has 30 heavy (non-hydrogen) atoms. The third kappa shape index (κ3) is 4.69. The number of aromatic nitrogens is 2. The molecule has 4 rings (SSSR count). The van der Waals surface area contributed by atoms with Crippen LogP contribution in [-0.2, 0) is 0 Å². The number of nitriles is 1. The normalized spacial score (nSPS) is 15.9. The molecule has 1 saturated heterocycles. The smallest absolute Gasteiger partial charge is 0.232 e. The monoisotopic (exact) mass is 401 g/mol. The minimum Gasteiger partial charge on any atom is -0.419 e. The number of anilines is 1. The molecule has 154 valence electrons. The average molecular weight is 402 g/mol. The lowest BCUT2D eigenvalue weighted by molar-refractivity contribution is 0.213. The second kappa shape index (κ2) is 9.55. The van der Waals surface area contributed by atoms with Crippen molar-refractivity contribution in [3.8, 4) is 17.5 Å². The van der Waals surface area contributed by atoms with Gasteiger partial charge in [0.1, 0.15) is 6.07 Å². The molecule has 0 saturated carbocycles. The first-order chi connectivity index (χ1) is 14.7. The summed E-state index contributed by atoms with van der Waals surface area (Å²) in [6.07, 6.45) is 8.41. The third-order valence-electron chi connectivity index (χ3n) is 5.64. The van der Waals surface area contributed by atoms with Crippen LogP contribution in [-0.4, -0.2) is 34.5 Å². The Labute approximate surface area is 177 Å². The van der Waals surface area contributed by atoms with Crippen molar-refractivity contribution in [2.75, 3.05) is 25.0 Å². The van der Waals surface area contributed by atoms with Gasteiger partial charge in [-0.3, -0.25) is 9.88 Å². The van der Waals surface area contributed by atoms with Gasteiger partial charge in [0.25, 0.3) is 0 Å². The van der Waals surface area contributed by atoms with Crippen molar-refractivity contribution in [3.05, 3.63) is 65.6 Å². The molecule has 1 atom stereocenters. The van der Waals surface area contributed by atoms with Crippen LogP contribution in [0.2, 0.25) is 0 Å². The van der Waals surface area contributed by atoms with Crippen LogP contribution < -0.4 is 5.32 Å². The lowest BCUT2D eigenvalue weighted by Gasteiger charge is -2.31. The Kier molecular flexibility index (Phi) is 6.41. The van der Waals surface area contributed by atoms with Crippen LogP contribution in [0.3, 0.4) is 0 Å². The highest BCUT2D eigenvalue weighted by Crippen LogP contribution is 2.28. The fourth-order valence-electron chi connectivity index (χ4n) is 3.97. The predicted molar refractivity (Wildman–Crippen MR) is 117 cm³/mol. The summed E-state index contributed by atoms with van der Waals surface area (Å²) in [6, 6.07) is 14.8. The quantitative estimate of drug-likeness (QED) is 0.630. The van der Waals surface area contributed by atoms with Crippen molar-refractivity contribution in [2.24, 2.45) is 0 Å². The van der Waals surface area contributed by atoms with Crippen molar-refractivity contribution >= 4 is 5.88 Å². The molecule has 6 nitrogen and oxygen atoms in total. The van der Waals surface area contributed by atoms with E-state index in [1.165, 1.54) is 36.8 Å². The molecule has 1 fully saturated rings. The van der Waals surface area contributed by atoms with Gasteiger partial charge in [0.05, 0.1) is 11.6 Å². The van der Waals surface area contributed by atoms with Gasteiger partial charge in [-0.25, -0.2) is 0 Å². The van der Waals surface area contributed by atoms with Crippen LogP contribution in [0.15, 0.2) is 53.2 Å². The second-order valence-electron chi connectivity index (χ2n) is 7.81. The van der Waals surface area contributed by atoms with Gasteiger partial charge in [-0.05, 0) is 50.6 Å². The molecule has 3 aromatic rings. The minimum atomic E-state index is 0.210. The number of aryl methyl sites for hydroxylation is 1. The maximum Gasteiger partial charge on any atom is 0.232 e. The Morgan fingerprint density at radius 3 is 2.57 bits per heavy atom. The van der Waals surface area contributed by atoms with Gasteiger partial charge in [0, 0.05) is 18.9 Å². The summed E-state index contributed by atoms with van der Waals surface area (Å²) in [4.78, 5) is 11.0. The van der Waals surface area contributed by atoms with E-state index in [0.29, 0.717) is 18.3 Å². The molecule has 0 unspecified atom stereocenters. The molecule has 1 N–H and O–H groups in total. The summed E-state index contributed by atoms with van der Waals surface area (Å²) in [7, 11) is 0. The number of hydrogen-bond acceptors (Lipinski definition) is 6. The van der Waals surface area contributed by atoms with Crippen molar-refractivity contribution in [3.63, 3.8) is 0 Å². The van der Waals surface area contributed by atoms with E-state index in [0.717, 1.165) is 18.7 Å². The zero-order valence-corrected chi connectivity index (χ0v) is 17.3. The fourth-order valence-corrected chi connectivity index (χ4v) is 3.97. The molecule has 0 radical (unpaired) electrons. The summed E-state index contributed by atoms with van der Waals surface area (Å²) in [6.45, 7) is 4.93. The largest absolute Gasteiger partial charge is 0.419 e. The number of benzene rings is 1. The molecule has 1 aliphatic rings. The highest BCUT2D eigenvalue weighted by Gasteiger charge is 2.23. The van der Waals surface area contributed by atoms with Gasteiger partial charge < -0.3 is 9.73 Å². The molecule has 3 heterocycles. The van der Waals surface area contributed by atoms with Gasteiger partial charge in [-0.15, -0.1) is 0 Å². The van der Waals surface area contributed by atoms with Crippen LogP contribution in [0.1, 0.15) is 48.5 Å². The van der Waals surface area contributed by atoms with E-state index in [-0.39, 0.29) is 11.7 Å². The maximum atomic E-state index is 9.54. The SMILES string of the molecule is Cc1ccc([C@@H](CNc2oc(-c3cccnc3)nc2C#N)N2CCCCCC2)cc1. The lowest BCUT2D eigenvalue weighted by atomic mass is 10.0. The van der Waals surface area contributed by atoms with Crippen LogP contribution in [0.25, 0.3) is 11.5 Å². The summed E-state index contributed by atoms with van der Waals surface area (Å²) < 4.78 is 5.91. The first-order valence-corrected chi connectivity index (χ1v) is 10.6. The number of nitrogens with one attached hydrogen (secondary N) is 1. The first kappa shape index (κ1) is 20.1. The molecule has 1 aliphatic heterocycles. The van der Waals surface area contributed by atoms with Gasteiger partial charge in [0.15, 0.2) is 0 Å². The molecule has 0 aliphatic carbocycles. The minimum absolute atomic E-state index is 0.210. The Morgan fingerprint density at radius 2 is 1.90 bits per heavy atom. The Bertz CT molecular complexity index is 983. The van der Waals surface area contributed by atoms with Crippen LogP contribution in [0.5, 0.6) is 0 Å². The van der Waals surface area contributed by atoms with Gasteiger partial charge in [-0.2, -0.15) is 10.2 Å². The van der Waals surface area contributed by atoms with E-state index in [9.17, 15) is 5.26 Å². The Hall–Kier alpha value is -3.17. The van der Waals surface area contributed by atoms with E-state index < -0.39 is 0 Å². The Balaban J connectivity index is 1.57. The van der Waals surface area contributed by atoms with E-state index in [1.807, 2.05) is 12.1 Å².